The molecule has 0 aliphatic carbocycles. The molecule has 3 heteroatoms. The van der Waals surface area contributed by atoms with Gasteiger partial charge in [-0.2, -0.15) is 0 Å². The van der Waals surface area contributed by atoms with Crippen molar-refractivity contribution in [2.45, 2.75) is 0 Å². The Morgan fingerprint density at radius 1 is 0.255 bits per heavy atom. The van der Waals surface area contributed by atoms with Gasteiger partial charge in [0, 0.05) is 75.9 Å². The molecule has 0 fully saturated rings. The Labute approximate surface area is 313 Å². The predicted octanol–water partition coefficient (Wildman–Crippen LogP) is 13.9. The molecule has 0 spiro atoms. The van der Waals surface area contributed by atoms with Crippen LogP contribution in [-0.2, 0) is 0 Å². The summed E-state index contributed by atoms with van der Waals surface area (Å²) in [4.78, 5) is 0. The van der Waals surface area contributed by atoms with Crippen LogP contribution in [0.1, 0.15) is 0 Å². The molecule has 5 aromatic heterocycles. The number of nitrogens with zero attached hydrogens (tertiary/aromatic N) is 3. The lowest BCUT2D eigenvalue weighted by atomic mass is 9.98. The van der Waals surface area contributed by atoms with Crippen molar-refractivity contribution in [3.05, 3.63) is 176 Å². The summed E-state index contributed by atoms with van der Waals surface area (Å²) in [5.41, 5.74) is 13.8. The van der Waals surface area contributed by atoms with E-state index in [2.05, 4.69) is 189 Å². The summed E-state index contributed by atoms with van der Waals surface area (Å²) in [6.07, 6.45) is 0. The lowest BCUT2D eigenvalue weighted by Crippen LogP contribution is -1.93. The van der Waals surface area contributed by atoms with Crippen LogP contribution in [0.2, 0.25) is 0 Å². The van der Waals surface area contributed by atoms with Crippen molar-refractivity contribution in [2.24, 2.45) is 0 Å². The standard InChI is InChI=1S/C52H29N3/c1-2-11-31(12-3-1)53-45-21-6-5-14-34(45)44-29-30(23-28-47(44)53)32-15-8-17-36-37-18-10-20-39-41-25-26-42-43(52(41)55(48(32)36)51(37)39)27-24-40-38-19-9-16-35-33-13-4-7-22-46(33)54(49(35)38)50(40)42/h1-29H. The monoisotopic (exact) mass is 695 g/mol. The Balaban J connectivity index is 1.13. The Kier molecular flexibility index (Phi) is 5.01. The van der Waals surface area contributed by atoms with Crippen molar-refractivity contribution >= 4 is 109 Å². The number of rotatable bonds is 2. The fraction of sp³-hybridized carbons (Fsp3) is 0. The van der Waals surface area contributed by atoms with E-state index in [1.807, 2.05) is 0 Å². The minimum Gasteiger partial charge on any atom is -0.309 e. The van der Waals surface area contributed by atoms with Gasteiger partial charge in [0.15, 0.2) is 0 Å². The smallest absolute Gasteiger partial charge is 0.0621 e. The number of fused-ring (bicyclic) bond motifs is 18. The molecule has 0 amide bonds. The zero-order chi connectivity index (χ0) is 35.5. The van der Waals surface area contributed by atoms with Crippen molar-refractivity contribution in [3.8, 4) is 16.8 Å². The Morgan fingerprint density at radius 2 is 0.691 bits per heavy atom. The van der Waals surface area contributed by atoms with Crippen molar-refractivity contribution in [3.63, 3.8) is 0 Å². The molecule has 14 rings (SSSR count). The molecule has 0 bridgehead atoms. The van der Waals surface area contributed by atoms with Gasteiger partial charge in [0.2, 0.25) is 0 Å². The summed E-state index contributed by atoms with van der Waals surface area (Å²) in [5, 5.41) is 15.5. The summed E-state index contributed by atoms with van der Waals surface area (Å²) >= 11 is 0. The lowest BCUT2D eigenvalue weighted by molar-refractivity contribution is 1.18. The maximum Gasteiger partial charge on any atom is 0.0621 e. The highest BCUT2D eigenvalue weighted by molar-refractivity contribution is 6.33. The van der Waals surface area contributed by atoms with Crippen molar-refractivity contribution in [2.75, 3.05) is 0 Å². The van der Waals surface area contributed by atoms with Crippen LogP contribution in [-0.4, -0.2) is 13.4 Å². The van der Waals surface area contributed by atoms with Gasteiger partial charge in [0.25, 0.3) is 0 Å². The Bertz CT molecular complexity index is 3930. The highest BCUT2D eigenvalue weighted by Crippen LogP contribution is 2.47. The summed E-state index contributed by atoms with van der Waals surface area (Å²) in [7, 11) is 0. The van der Waals surface area contributed by atoms with Crippen LogP contribution < -0.4 is 0 Å². The van der Waals surface area contributed by atoms with Crippen LogP contribution in [0.4, 0.5) is 0 Å². The normalized spacial score (nSPS) is 12.7. The molecule has 9 aromatic carbocycles. The fourth-order valence-corrected chi connectivity index (χ4v) is 10.5. The Morgan fingerprint density at radius 3 is 1.33 bits per heavy atom. The average Bonchev–Trinajstić information content (AvgIpc) is 4.04. The molecule has 14 aromatic rings. The van der Waals surface area contributed by atoms with Crippen LogP contribution in [0.3, 0.4) is 0 Å². The molecule has 252 valence electrons. The molecule has 0 N–H and O–H groups in total. The molecule has 0 unspecified atom stereocenters. The van der Waals surface area contributed by atoms with Gasteiger partial charge in [0.1, 0.15) is 0 Å². The summed E-state index contributed by atoms with van der Waals surface area (Å²) in [5.74, 6) is 0. The van der Waals surface area contributed by atoms with E-state index in [9.17, 15) is 0 Å². The van der Waals surface area contributed by atoms with Gasteiger partial charge in [-0.3, -0.25) is 0 Å². The highest BCUT2D eigenvalue weighted by atomic mass is 15.0. The number of benzene rings is 9. The second-order valence-corrected chi connectivity index (χ2v) is 15.2. The van der Waals surface area contributed by atoms with E-state index < -0.39 is 0 Å². The molecule has 0 aliphatic heterocycles. The fourth-order valence-electron chi connectivity index (χ4n) is 10.5. The minimum absolute atomic E-state index is 1.17. The third-order valence-electron chi connectivity index (χ3n) is 12.7. The van der Waals surface area contributed by atoms with Crippen LogP contribution in [0.5, 0.6) is 0 Å². The molecular formula is C52H29N3. The van der Waals surface area contributed by atoms with Gasteiger partial charge in [0.05, 0.1) is 44.1 Å². The maximum absolute atomic E-state index is 2.60. The second-order valence-electron chi connectivity index (χ2n) is 15.2. The molecular weight excluding hydrogens is 667 g/mol. The molecule has 0 saturated carbocycles. The van der Waals surface area contributed by atoms with Crippen molar-refractivity contribution in [1.82, 2.24) is 13.4 Å². The third-order valence-corrected chi connectivity index (χ3v) is 12.7. The van der Waals surface area contributed by atoms with Gasteiger partial charge < -0.3 is 13.4 Å². The molecule has 3 nitrogen and oxygen atoms in total. The van der Waals surface area contributed by atoms with Gasteiger partial charge >= 0.3 is 0 Å². The Hall–Kier alpha value is -7.36. The largest absolute Gasteiger partial charge is 0.309 e. The van der Waals surface area contributed by atoms with E-state index >= 15 is 0 Å². The lowest BCUT2D eigenvalue weighted by Gasteiger charge is -2.10. The van der Waals surface area contributed by atoms with Gasteiger partial charge in [-0.25, -0.2) is 0 Å². The molecule has 5 heterocycles. The van der Waals surface area contributed by atoms with E-state index in [1.165, 1.54) is 126 Å². The minimum atomic E-state index is 1.17. The van der Waals surface area contributed by atoms with Crippen LogP contribution in [0, 0.1) is 0 Å². The molecule has 0 aliphatic rings. The van der Waals surface area contributed by atoms with Gasteiger partial charge in [-0.1, -0.05) is 140 Å². The van der Waals surface area contributed by atoms with E-state index in [0.29, 0.717) is 0 Å². The van der Waals surface area contributed by atoms with Crippen molar-refractivity contribution < 1.29 is 0 Å². The van der Waals surface area contributed by atoms with Gasteiger partial charge in [-0.15, -0.1) is 0 Å². The number of para-hydroxylation sites is 6. The topological polar surface area (TPSA) is 13.8 Å². The first-order valence-corrected chi connectivity index (χ1v) is 19.1. The van der Waals surface area contributed by atoms with Crippen LogP contribution in [0.15, 0.2) is 176 Å². The number of hydrogen-bond donors (Lipinski definition) is 0. The molecule has 0 radical (unpaired) electrons. The number of hydrogen-bond acceptors (Lipinski definition) is 0. The predicted molar refractivity (Wildman–Crippen MR) is 233 cm³/mol. The van der Waals surface area contributed by atoms with Crippen molar-refractivity contribution in [1.29, 1.82) is 0 Å². The van der Waals surface area contributed by atoms with Gasteiger partial charge in [-0.05, 0) is 42.0 Å². The van der Waals surface area contributed by atoms with Crippen LogP contribution in [0.25, 0.3) is 126 Å². The molecule has 0 saturated heterocycles. The zero-order valence-corrected chi connectivity index (χ0v) is 29.6. The SMILES string of the molecule is c1ccc(-n2c3ccccc3c3cc(-c4cccc5c6cccc7c8ccc9c(ccc%10c%11cccc%12c%13ccccc%13n(c%12%11)c%109)c8n(c45)c67)ccc32)cc1. The first-order chi connectivity index (χ1) is 27.3. The third kappa shape index (κ3) is 3.31. The average molecular weight is 696 g/mol. The maximum atomic E-state index is 2.60. The highest BCUT2D eigenvalue weighted by Gasteiger charge is 2.24. The number of aromatic nitrogens is 3. The first-order valence-electron chi connectivity index (χ1n) is 19.1. The molecule has 55 heavy (non-hydrogen) atoms. The van der Waals surface area contributed by atoms with E-state index in [1.54, 1.807) is 0 Å². The van der Waals surface area contributed by atoms with Crippen LogP contribution >= 0.6 is 0 Å². The summed E-state index contributed by atoms with van der Waals surface area (Å²) < 4.78 is 7.53. The van der Waals surface area contributed by atoms with E-state index in [-0.39, 0.29) is 0 Å². The quantitative estimate of drug-likeness (QED) is 0.171. The molecule has 0 atom stereocenters. The summed E-state index contributed by atoms with van der Waals surface area (Å²) in [6.45, 7) is 0. The first kappa shape index (κ1) is 28.2. The van der Waals surface area contributed by atoms with E-state index in [0.717, 1.165) is 0 Å². The van der Waals surface area contributed by atoms with E-state index in [4.69, 9.17) is 0 Å². The second kappa shape index (κ2) is 9.79. The summed E-state index contributed by atoms with van der Waals surface area (Å²) in [6, 6.07) is 65.5. The zero-order valence-electron chi connectivity index (χ0n) is 29.6.